The van der Waals surface area contributed by atoms with E-state index in [4.69, 9.17) is 19.2 Å². The number of carbonyl (C=O) groups is 2. The molecule has 3 heterocycles. The second-order valence-corrected chi connectivity index (χ2v) is 10.9. The largest absolute Gasteiger partial charge is 0.507 e. The Bertz CT molecular complexity index is 1670. The van der Waals surface area contributed by atoms with Crippen molar-refractivity contribution in [1.29, 1.82) is 0 Å². The fraction of sp³-hybridized carbons (Fsp3) is 0.258. The molecule has 0 unspecified atom stereocenters. The number of ether oxygens (including phenoxy) is 3. The van der Waals surface area contributed by atoms with E-state index >= 15 is 0 Å². The number of aryl methyl sites for hydroxylation is 2. The van der Waals surface area contributed by atoms with E-state index in [1.165, 1.54) is 16.2 Å². The van der Waals surface area contributed by atoms with Gasteiger partial charge in [0.1, 0.15) is 24.7 Å². The Morgan fingerprint density at radius 2 is 1.80 bits per heavy atom. The number of benzene rings is 3. The van der Waals surface area contributed by atoms with Crippen molar-refractivity contribution in [2.75, 3.05) is 24.7 Å². The maximum atomic E-state index is 13.6. The molecule has 0 saturated carbocycles. The minimum atomic E-state index is -0.893. The molecule has 3 aromatic carbocycles. The highest BCUT2D eigenvalue weighted by Crippen LogP contribution is 2.45. The second kappa shape index (κ2) is 10.3. The maximum absolute atomic E-state index is 13.6. The number of hydrogen-bond donors (Lipinski definition) is 1. The second-order valence-electron chi connectivity index (χ2n) is 9.87. The minimum Gasteiger partial charge on any atom is -0.507 e. The molecule has 0 aliphatic carbocycles. The number of rotatable bonds is 6. The number of ketones is 1. The highest BCUT2D eigenvalue weighted by atomic mass is 32.1. The summed E-state index contributed by atoms with van der Waals surface area (Å²) in [6, 6.07) is 15.4. The summed E-state index contributed by atoms with van der Waals surface area (Å²) in [5.74, 6) is -0.111. The first-order chi connectivity index (χ1) is 19.4. The molecule has 1 N–H and O–H groups in total. The van der Waals surface area contributed by atoms with Crippen molar-refractivity contribution in [3.8, 4) is 17.2 Å². The Hall–Kier alpha value is -4.37. The normalized spacial score (nSPS) is 18.0. The predicted molar refractivity (Wildman–Crippen MR) is 154 cm³/mol. The van der Waals surface area contributed by atoms with E-state index in [9.17, 15) is 14.7 Å². The Morgan fingerprint density at radius 1 is 1.05 bits per heavy atom. The highest BCUT2D eigenvalue weighted by molar-refractivity contribution is 7.22. The molecule has 6 rings (SSSR count). The van der Waals surface area contributed by atoms with Gasteiger partial charge in [-0.25, -0.2) is 4.98 Å². The summed E-state index contributed by atoms with van der Waals surface area (Å²) in [5.41, 5.74) is 3.83. The number of aliphatic hydroxyl groups excluding tert-OH is 1. The number of Topliss-reactive ketones (excluding diaryl/α,β-unsaturated/α-hetero) is 1. The van der Waals surface area contributed by atoms with E-state index in [1.54, 1.807) is 30.3 Å². The summed E-state index contributed by atoms with van der Waals surface area (Å²) >= 11 is 1.35. The zero-order valence-electron chi connectivity index (χ0n) is 22.4. The first-order valence-corrected chi connectivity index (χ1v) is 14.0. The summed E-state index contributed by atoms with van der Waals surface area (Å²) in [6.07, 6.45) is 0.869. The summed E-state index contributed by atoms with van der Waals surface area (Å²) < 4.78 is 17.9. The van der Waals surface area contributed by atoms with Crippen LogP contribution in [0, 0.1) is 13.8 Å². The Labute approximate surface area is 235 Å². The number of amides is 1. The van der Waals surface area contributed by atoms with Crippen LogP contribution in [0.5, 0.6) is 17.2 Å². The number of carbonyl (C=O) groups excluding carboxylic acids is 2. The summed E-state index contributed by atoms with van der Waals surface area (Å²) in [6.45, 7) is 7.40. The van der Waals surface area contributed by atoms with E-state index < -0.39 is 17.7 Å². The van der Waals surface area contributed by atoms with E-state index in [-0.39, 0.29) is 11.3 Å². The number of hydrogen-bond acceptors (Lipinski definition) is 8. The van der Waals surface area contributed by atoms with E-state index in [1.807, 2.05) is 45.0 Å². The molecule has 9 heteroatoms. The average molecular weight is 557 g/mol. The lowest BCUT2D eigenvalue weighted by Crippen LogP contribution is -2.29. The fourth-order valence-corrected chi connectivity index (χ4v) is 6.29. The number of fused-ring (bicyclic) bond motifs is 2. The molecule has 0 bridgehead atoms. The molecular weight excluding hydrogens is 528 g/mol. The van der Waals surface area contributed by atoms with Crippen LogP contribution in [0.1, 0.15) is 41.6 Å². The molecule has 1 atom stereocenters. The van der Waals surface area contributed by atoms with Crippen molar-refractivity contribution in [3.05, 3.63) is 82.4 Å². The summed E-state index contributed by atoms with van der Waals surface area (Å²) in [5, 5.41) is 11.9. The molecule has 2 aliphatic rings. The van der Waals surface area contributed by atoms with E-state index in [0.717, 1.165) is 27.8 Å². The molecule has 1 saturated heterocycles. The molecule has 8 nitrogen and oxygen atoms in total. The van der Waals surface area contributed by atoms with Gasteiger partial charge in [0.15, 0.2) is 16.6 Å². The van der Waals surface area contributed by atoms with Crippen LogP contribution >= 0.6 is 11.3 Å². The summed E-state index contributed by atoms with van der Waals surface area (Å²) in [4.78, 5) is 33.4. The number of aromatic nitrogens is 1. The third-order valence-corrected chi connectivity index (χ3v) is 7.96. The van der Waals surface area contributed by atoms with Gasteiger partial charge in [-0.2, -0.15) is 0 Å². The van der Waals surface area contributed by atoms with Crippen molar-refractivity contribution in [2.45, 2.75) is 33.2 Å². The number of nitrogens with zero attached hydrogens (tertiary/aromatic N) is 2. The highest BCUT2D eigenvalue weighted by Gasteiger charge is 2.48. The molecule has 40 heavy (non-hydrogen) atoms. The SMILES string of the molecule is CCCOc1ccc([C@@H]2/C(=C(\O)c3ccc4c(c3)OCCO4)C(=O)C(=O)N2c2nc3c(C)cc(C)cc3s2)cc1. The molecule has 4 aromatic rings. The molecule has 2 aliphatic heterocycles. The van der Waals surface area contributed by atoms with Gasteiger partial charge in [-0.3, -0.25) is 14.5 Å². The molecule has 1 fully saturated rings. The van der Waals surface area contributed by atoms with Gasteiger partial charge >= 0.3 is 5.91 Å². The van der Waals surface area contributed by atoms with Crippen LogP contribution in [-0.2, 0) is 9.59 Å². The number of aliphatic hydroxyl groups is 1. The average Bonchev–Trinajstić information content (AvgIpc) is 3.49. The van der Waals surface area contributed by atoms with Gasteiger partial charge in [0.2, 0.25) is 0 Å². The minimum absolute atomic E-state index is 0.0175. The van der Waals surface area contributed by atoms with Crippen LogP contribution in [-0.4, -0.2) is 41.6 Å². The lowest BCUT2D eigenvalue weighted by Gasteiger charge is -2.23. The van der Waals surface area contributed by atoms with Crippen molar-refractivity contribution in [3.63, 3.8) is 0 Å². The van der Waals surface area contributed by atoms with Gasteiger partial charge in [0, 0.05) is 5.56 Å². The third kappa shape index (κ3) is 4.46. The quantitative estimate of drug-likeness (QED) is 0.174. The van der Waals surface area contributed by atoms with Gasteiger partial charge in [-0.15, -0.1) is 0 Å². The first-order valence-electron chi connectivity index (χ1n) is 13.2. The van der Waals surface area contributed by atoms with Crippen LogP contribution in [0.4, 0.5) is 5.13 Å². The smallest absolute Gasteiger partial charge is 0.301 e. The Morgan fingerprint density at radius 3 is 2.55 bits per heavy atom. The summed E-state index contributed by atoms with van der Waals surface area (Å²) in [7, 11) is 0. The van der Waals surface area contributed by atoms with Crippen LogP contribution in [0.2, 0.25) is 0 Å². The molecular formula is C31H28N2O6S. The van der Waals surface area contributed by atoms with Crippen molar-refractivity contribution in [2.24, 2.45) is 0 Å². The van der Waals surface area contributed by atoms with Gasteiger partial charge in [-0.05, 0) is 73.4 Å². The zero-order chi connectivity index (χ0) is 28.0. The van der Waals surface area contributed by atoms with Crippen LogP contribution < -0.4 is 19.1 Å². The topological polar surface area (TPSA) is 98.2 Å². The van der Waals surface area contributed by atoms with Crippen molar-refractivity contribution in [1.82, 2.24) is 4.98 Å². The van der Waals surface area contributed by atoms with Gasteiger partial charge < -0.3 is 19.3 Å². The lowest BCUT2D eigenvalue weighted by atomic mass is 9.95. The van der Waals surface area contributed by atoms with Crippen LogP contribution in [0.15, 0.2) is 60.2 Å². The lowest BCUT2D eigenvalue weighted by molar-refractivity contribution is -0.132. The predicted octanol–water partition coefficient (Wildman–Crippen LogP) is 6.10. The molecule has 1 aromatic heterocycles. The first kappa shape index (κ1) is 25.9. The van der Waals surface area contributed by atoms with E-state index in [2.05, 4.69) is 0 Å². The maximum Gasteiger partial charge on any atom is 0.301 e. The molecule has 0 spiro atoms. The van der Waals surface area contributed by atoms with Gasteiger partial charge in [0.25, 0.3) is 5.78 Å². The van der Waals surface area contributed by atoms with Crippen LogP contribution in [0.3, 0.4) is 0 Å². The molecule has 204 valence electrons. The number of anilines is 1. The molecule has 0 radical (unpaired) electrons. The Kier molecular flexibility index (Phi) is 6.67. The van der Waals surface area contributed by atoms with Gasteiger partial charge in [-0.1, -0.05) is 36.5 Å². The number of thiazole rings is 1. The van der Waals surface area contributed by atoms with Crippen molar-refractivity contribution >= 4 is 44.1 Å². The molecule has 1 amide bonds. The fourth-order valence-electron chi connectivity index (χ4n) is 5.12. The van der Waals surface area contributed by atoms with Crippen molar-refractivity contribution < 1.29 is 28.9 Å². The zero-order valence-corrected chi connectivity index (χ0v) is 23.2. The standard InChI is InChI=1S/C31H28N2O6S/c1-4-11-37-21-8-5-19(6-9-21)27-25(28(34)20-7-10-22-23(16-20)39-13-12-38-22)29(35)30(36)33(27)31-32-26-18(3)14-17(2)15-24(26)40-31/h5-10,14-16,27,34H,4,11-13H2,1-3H3/b28-25+/t27-/m1/s1. The van der Waals surface area contributed by atoms with Gasteiger partial charge in [0.05, 0.1) is 28.4 Å². The van der Waals surface area contributed by atoms with Crippen LogP contribution in [0.25, 0.3) is 16.0 Å². The Balaban J connectivity index is 1.51. The monoisotopic (exact) mass is 556 g/mol. The third-order valence-electron chi connectivity index (χ3n) is 6.95. The van der Waals surface area contributed by atoms with E-state index in [0.29, 0.717) is 53.3 Å².